The van der Waals surface area contributed by atoms with Crippen LogP contribution in [-0.2, 0) is 0 Å². The van der Waals surface area contributed by atoms with E-state index in [0.717, 1.165) is 0 Å². The van der Waals surface area contributed by atoms with Gasteiger partial charge in [0.15, 0.2) is 11.5 Å². The summed E-state index contributed by atoms with van der Waals surface area (Å²) in [4.78, 5) is 0. The highest BCUT2D eigenvalue weighted by Crippen LogP contribution is 2.42. The predicted octanol–water partition coefficient (Wildman–Crippen LogP) is 2.34. The van der Waals surface area contributed by atoms with E-state index in [-0.39, 0.29) is 0 Å². The van der Waals surface area contributed by atoms with Crippen LogP contribution in [0.1, 0.15) is 5.56 Å². The lowest BCUT2D eigenvalue weighted by molar-refractivity contribution is 0.348. The summed E-state index contributed by atoms with van der Waals surface area (Å²) < 4.78 is 15.7. The summed E-state index contributed by atoms with van der Waals surface area (Å²) in [7, 11) is 4.66. The van der Waals surface area contributed by atoms with Crippen LogP contribution in [0.15, 0.2) is 12.1 Å². The molecule has 0 spiro atoms. The van der Waals surface area contributed by atoms with Crippen molar-refractivity contribution in [1.82, 2.24) is 0 Å². The Kier molecular flexibility index (Phi) is 5.12. The molecule has 0 saturated heterocycles. The lowest BCUT2D eigenvalue weighted by Crippen LogP contribution is -1.97. The van der Waals surface area contributed by atoms with E-state index in [2.05, 4.69) is 0 Å². The van der Waals surface area contributed by atoms with Crippen LogP contribution in [0.2, 0.25) is 5.02 Å². The highest BCUT2D eigenvalue weighted by molar-refractivity contribution is 6.34. The topological polar surface area (TPSA) is 53.7 Å². The van der Waals surface area contributed by atoms with Gasteiger partial charge in [-0.3, -0.25) is 0 Å². The monoisotopic (exact) mass is 257 g/mol. The van der Waals surface area contributed by atoms with E-state index in [9.17, 15) is 0 Å². The van der Waals surface area contributed by atoms with Crippen LogP contribution in [0.5, 0.6) is 17.2 Å². The summed E-state index contributed by atoms with van der Waals surface area (Å²) in [5, 5.41) is 0.467. The Morgan fingerprint density at radius 3 is 2.29 bits per heavy atom. The van der Waals surface area contributed by atoms with Crippen molar-refractivity contribution in [3.05, 3.63) is 22.7 Å². The highest BCUT2D eigenvalue weighted by Gasteiger charge is 2.16. The Hall–Kier alpha value is -1.39. The molecule has 0 aliphatic heterocycles. The van der Waals surface area contributed by atoms with Crippen molar-refractivity contribution in [3.63, 3.8) is 0 Å². The third-order valence-electron chi connectivity index (χ3n) is 2.25. The van der Waals surface area contributed by atoms with Crippen molar-refractivity contribution in [3.8, 4) is 17.2 Å². The number of nitrogens with two attached hydrogens (primary N) is 1. The molecule has 4 nitrogen and oxygen atoms in total. The van der Waals surface area contributed by atoms with Gasteiger partial charge in [0, 0.05) is 18.2 Å². The van der Waals surface area contributed by atoms with Crippen LogP contribution in [0.25, 0.3) is 6.08 Å². The quantitative estimate of drug-likeness (QED) is 0.880. The SMILES string of the molecule is COc1cc(OC)c(OC)c(/C=C/CN)c1Cl. The van der Waals surface area contributed by atoms with Crippen molar-refractivity contribution < 1.29 is 14.2 Å². The second-order valence-corrected chi connectivity index (χ2v) is 3.56. The first-order valence-corrected chi connectivity index (χ1v) is 5.42. The Morgan fingerprint density at radius 2 is 1.82 bits per heavy atom. The van der Waals surface area contributed by atoms with Crippen LogP contribution >= 0.6 is 11.6 Å². The first-order chi connectivity index (χ1) is 8.19. The summed E-state index contributed by atoms with van der Waals surface area (Å²) in [5.41, 5.74) is 6.12. The maximum absolute atomic E-state index is 6.20. The zero-order valence-corrected chi connectivity index (χ0v) is 10.9. The predicted molar refractivity (Wildman–Crippen MR) is 69.2 cm³/mol. The summed E-state index contributed by atoms with van der Waals surface area (Å²) >= 11 is 6.20. The van der Waals surface area contributed by atoms with Crippen LogP contribution in [0.4, 0.5) is 0 Å². The third-order valence-corrected chi connectivity index (χ3v) is 2.64. The molecule has 0 aromatic heterocycles. The average Bonchev–Trinajstić information content (AvgIpc) is 2.36. The zero-order chi connectivity index (χ0) is 12.8. The molecule has 0 amide bonds. The minimum atomic E-state index is 0.416. The fraction of sp³-hybridized carbons (Fsp3) is 0.333. The maximum atomic E-state index is 6.20. The molecule has 0 atom stereocenters. The molecule has 0 aliphatic rings. The van der Waals surface area contributed by atoms with Gasteiger partial charge in [0.05, 0.1) is 26.4 Å². The van der Waals surface area contributed by atoms with Gasteiger partial charge in [-0.25, -0.2) is 0 Å². The number of hydrogen-bond donors (Lipinski definition) is 1. The molecular weight excluding hydrogens is 242 g/mol. The molecule has 0 saturated carbocycles. The lowest BCUT2D eigenvalue weighted by Gasteiger charge is -2.14. The van der Waals surface area contributed by atoms with E-state index in [4.69, 9.17) is 31.5 Å². The highest BCUT2D eigenvalue weighted by atomic mass is 35.5. The molecule has 94 valence electrons. The molecule has 1 aromatic carbocycles. The Morgan fingerprint density at radius 1 is 1.18 bits per heavy atom. The summed E-state index contributed by atoms with van der Waals surface area (Å²) in [6.07, 6.45) is 3.56. The Balaban J connectivity index is 3.44. The molecule has 0 radical (unpaired) electrons. The molecule has 5 heteroatoms. The normalized spacial score (nSPS) is 10.6. The van der Waals surface area contributed by atoms with Gasteiger partial charge in [0.25, 0.3) is 0 Å². The standard InChI is InChI=1S/C12H16ClNO3/c1-15-9-7-10(16-2)12(17-3)8(11(9)13)5-4-6-14/h4-5,7H,6,14H2,1-3H3/b5-4+. The fourth-order valence-corrected chi connectivity index (χ4v) is 1.74. The molecule has 17 heavy (non-hydrogen) atoms. The van der Waals surface area contributed by atoms with Gasteiger partial charge in [0.2, 0.25) is 0 Å². The first-order valence-electron chi connectivity index (χ1n) is 5.04. The number of halogens is 1. The number of methoxy groups -OCH3 is 3. The van der Waals surface area contributed by atoms with E-state index < -0.39 is 0 Å². The summed E-state index contributed by atoms with van der Waals surface area (Å²) in [6.45, 7) is 0.416. The number of benzene rings is 1. The van der Waals surface area contributed by atoms with Gasteiger partial charge in [-0.15, -0.1) is 0 Å². The summed E-state index contributed by atoms with van der Waals surface area (Å²) in [6, 6.07) is 1.68. The second kappa shape index (κ2) is 6.37. The number of hydrogen-bond acceptors (Lipinski definition) is 4. The van der Waals surface area contributed by atoms with Crippen LogP contribution in [0.3, 0.4) is 0 Å². The smallest absolute Gasteiger partial charge is 0.169 e. The average molecular weight is 258 g/mol. The fourth-order valence-electron chi connectivity index (χ4n) is 1.46. The van der Waals surface area contributed by atoms with E-state index in [1.165, 1.54) is 0 Å². The van der Waals surface area contributed by atoms with Crippen molar-refractivity contribution >= 4 is 17.7 Å². The van der Waals surface area contributed by atoms with E-state index in [1.54, 1.807) is 39.5 Å². The van der Waals surface area contributed by atoms with E-state index in [1.807, 2.05) is 0 Å². The van der Waals surface area contributed by atoms with Crippen molar-refractivity contribution in [1.29, 1.82) is 0 Å². The molecule has 1 aromatic rings. The number of ether oxygens (including phenoxy) is 3. The molecule has 0 fully saturated rings. The minimum absolute atomic E-state index is 0.416. The van der Waals surface area contributed by atoms with Crippen LogP contribution < -0.4 is 19.9 Å². The second-order valence-electron chi connectivity index (χ2n) is 3.18. The van der Waals surface area contributed by atoms with Crippen LogP contribution in [-0.4, -0.2) is 27.9 Å². The lowest BCUT2D eigenvalue weighted by atomic mass is 10.1. The minimum Gasteiger partial charge on any atom is -0.495 e. The summed E-state index contributed by atoms with van der Waals surface area (Å²) in [5.74, 6) is 1.65. The van der Waals surface area contributed by atoms with Gasteiger partial charge < -0.3 is 19.9 Å². The van der Waals surface area contributed by atoms with E-state index >= 15 is 0 Å². The zero-order valence-electron chi connectivity index (χ0n) is 10.1. The van der Waals surface area contributed by atoms with Crippen molar-refractivity contribution in [2.24, 2.45) is 5.73 Å². The molecule has 1 rings (SSSR count). The van der Waals surface area contributed by atoms with E-state index in [0.29, 0.717) is 34.4 Å². The molecule has 0 bridgehead atoms. The Bertz CT molecular complexity index is 419. The van der Waals surface area contributed by atoms with Gasteiger partial charge in [-0.2, -0.15) is 0 Å². The molecule has 0 unspecified atom stereocenters. The van der Waals surface area contributed by atoms with Crippen LogP contribution in [0, 0.1) is 0 Å². The molecule has 0 heterocycles. The van der Waals surface area contributed by atoms with Gasteiger partial charge in [0.1, 0.15) is 5.75 Å². The largest absolute Gasteiger partial charge is 0.495 e. The van der Waals surface area contributed by atoms with Gasteiger partial charge in [-0.1, -0.05) is 23.8 Å². The Labute approximate surface area is 106 Å². The first kappa shape index (κ1) is 13.7. The molecule has 0 aliphatic carbocycles. The molecular formula is C12H16ClNO3. The third kappa shape index (κ3) is 2.84. The van der Waals surface area contributed by atoms with Gasteiger partial charge in [-0.05, 0) is 0 Å². The van der Waals surface area contributed by atoms with Crippen molar-refractivity contribution in [2.45, 2.75) is 0 Å². The maximum Gasteiger partial charge on any atom is 0.169 e. The molecule has 2 N–H and O–H groups in total. The van der Waals surface area contributed by atoms with Crippen molar-refractivity contribution in [2.75, 3.05) is 27.9 Å². The number of rotatable bonds is 5. The van der Waals surface area contributed by atoms with Gasteiger partial charge >= 0.3 is 0 Å².